The Kier molecular flexibility index (Phi) is 4.43. The van der Waals surface area contributed by atoms with Crippen molar-refractivity contribution in [3.8, 4) is 22.1 Å². The maximum Gasteiger partial charge on any atom is 0.177 e. The molecule has 0 aliphatic carbocycles. The molecule has 0 radical (unpaired) electrons. The van der Waals surface area contributed by atoms with Gasteiger partial charge in [-0.2, -0.15) is 0 Å². The summed E-state index contributed by atoms with van der Waals surface area (Å²) in [6.45, 7) is 1.77. The van der Waals surface area contributed by atoms with E-state index in [4.69, 9.17) is 14.0 Å². The molecular weight excluding hydrogens is 314 g/mol. The van der Waals surface area contributed by atoms with Crippen molar-refractivity contribution in [2.45, 2.75) is 13.5 Å². The summed E-state index contributed by atoms with van der Waals surface area (Å²) in [7, 11) is 1.54. The molecule has 0 fully saturated rings. The number of benzene rings is 1. The Morgan fingerprint density at radius 2 is 2.13 bits per heavy atom. The Morgan fingerprint density at radius 1 is 1.26 bits per heavy atom. The standard InChI is InChI=1S/C17H15NO4S/c1-11(19)12-5-6-14(15(8-12)20-2)21-10-13-9-16(22-18-13)17-4-3-7-23-17/h3-9H,10H2,1-2H3. The topological polar surface area (TPSA) is 61.6 Å². The van der Waals surface area contributed by atoms with Gasteiger partial charge in [0.15, 0.2) is 23.0 Å². The average molecular weight is 329 g/mol. The summed E-state index contributed by atoms with van der Waals surface area (Å²) in [5.74, 6) is 1.77. The summed E-state index contributed by atoms with van der Waals surface area (Å²) in [5.41, 5.74) is 1.27. The van der Waals surface area contributed by atoms with Crippen LogP contribution in [-0.2, 0) is 6.61 Å². The lowest BCUT2D eigenvalue weighted by Gasteiger charge is -2.10. The normalized spacial score (nSPS) is 10.5. The van der Waals surface area contributed by atoms with Crippen LogP contribution < -0.4 is 9.47 Å². The second-order valence-corrected chi connectivity index (χ2v) is 5.82. The van der Waals surface area contributed by atoms with Crippen molar-refractivity contribution in [2.75, 3.05) is 7.11 Å². The van der Waals surface area contributed by atoms with Gasteiger partial charge in [-0.1, -0.05) is 11.2 Å². The number of methoxy groups -OCH3 is 1. The molecule has 3 rings (SSSR count). The van der Waals surface area contributed by atoms with Crippen LogP contribution in [0.2, 0.25) is 0 Å². The predicted molar refractivity (Wildman–Crippen MR) is 87.1 cm³/mol. The Labute approximate surface area is 137 Å². The molecule has 0 N–H and O–H groups in total. The Balaban J connectivity index is 1.72. The monoisotopic (exact) mass is 329 g/mol. The molecule has 2 heterocycles. The zero-order valence-corrected chi connectivity index (χ0v) is 13.6. The van der Waals surface area contributed by atoms with E-state index < -0.39 is 0 Å². The van der Waals surface area contributed by atoms with Crippen LogP contribution in [0, 0.1) is 0 Å². The van der Waals surface area contributed by atoms with Crippen LogP contribution in [0.5, 0.6) is 11.5 Å². The molecule has 0 aliphatic rings. The van der Waals surface area contributed by atoms with Crippen LogP contribution in [0.1, 0.15) is 23.0 Å². The summed E-state index contributed by atoms with van der Waals surface area (Å²) < 4.78 is 16.3. The van der Waals surface area contributed by atoms with Gasteiger partial charge in [0.2, 0.25) is 0 Å². The van der Waals surface area contributed by atoms with Crippen LogP contribution in [0.3, 0.4) is 0 Å². The number of rotatable bonds is 6. The summed E-state index contributed by atoms with van der Waals surface area (Å²) in [6, 6.07) is 10.9. The molecule has 0 saturated heterocycles. The highest BCUT2D eigenvalue weighted by Crippen LogP contribution is 2.30. The van der Waals surface area contributed by atoms with Crippen LogP contribution in [0.4, 0.5) is 0 Å². The van der Waals surface area contributed by atoms with Crippen molar-refractivity contribution in [1.29, 1.82) is 0 Å². The molecule has 0 spiro atoms. The van der Waals surface area contributed by atoms with Gasteiger partial charge in [0, 0.05) is 11.6 Å². The maximum atomic E-state index is 11.4. The molecule has 6 heteroatoms. The minimum absolute atomic E-state index is 0.0214. The lowest BCUT2D eigenvalue weighted by atomic mass is 10.1. The Hall–Kier alpha value is -2.60. The molecule has 23 heavy (non-hydrogen) atoms. The number of nitrogens with zero attached hydrogens (tertiary/aromatic N) is 1. The van der Waals surface area contributed by atoms with Gasteiger partial charge in [-0.05, 0) is 36.6 Å². The lowest BCUT2D eigenvalue weighted by molar-refractivity contribution is 0.101. The molecule has 3 aromatic rings. The number of thiophene rings is 1. The first-order valence-electron chi connectivity index (χ1n) is 6.98. The number of ether oxygens (including phenoxy) is 2. The van der Waals surface area contributed by atoms with Crippen molar-refractivity contribution in [2.24, 2.45) is 0 Å². The van der Waals surface area contributed by atoms with E-state index in [2.05, 4.69) is 5.16 Å². The number of hydrogen-bond acceptors (Lipinski definition) is 6. The van der Waals surface area contributed by atoms with Gasteiger partial charge in [-0.25, -0.2) is 0 Å². The van der Waals surface area contributed by atoms with Crippen molar-refractivity contribution in [3.05, 3.63) is 53.0 Å². The number of carbonyl (C=O) groups is 1. The predicted octanol–water partition coefficient (Wildman–Crippen LogP) is 4.19. The van der Waals surface area contributed by atoms with Gasteiger partial charge in [-0.15, -0.1) is 11.3 Å². The highest BCUT2D eigenvalue weighted by molar-refractivity contribution is 7.13. The third-order valence-electron chi connectivity index (χ3n) is 3.27. The van der Waals surface area contributed by atoms with Gasteiger partial charge < -0.3 is 14.0 Å². The number of carbonyl (C=O) groups excluding carboxylic acids is 1. The summed E-state index contributed by atoms with van der Waals surface area (Å²) in [4.78, 5) is 12.4. The van der Waals surface area contributed by atoms with Crippen LogP contribution >= 0.6 is 11.3 Å². The molecule has 0 aliphatic heterocycles. The molecule has 0 unspecified atom stereocenters. The summed E-state index contributed by atoms with van der Waals surface area (Å²) in [5, 5.41) is 5.98. The minimum Gasteiger partial charge on any atom is -0.493 e. The van der Waals surface area contributed by atoms with Gasteiger partial charge >= 0.3 is 0 Å². The fourth-order valence-corrected chi connectivity index (χ4v) is 2.75. The third kappa shape index (κ3) is 3.43. The largest absolute Gasteiger partial charge is 0.493 e. The molecule has 0 atom stereocenters. The van der Waals surface area contributed by atoms with E-state index >= 15 is 0 Å². The Morgan fingerprint density at radius 3 is 2.83 bits per heavy atom. The van der Waals surface area contributed by atoms with Gasteiger partial charge in [-0.3, -0.25) is 4.79 Å². The zero-order chi connectivity index (χ0) is 16.2. The molecule has 0 bridgehead atoms. The van der Waals surface area contributed by atoms with Crippen molar-refractivity contribution in [1.82, 2.24) is 5.16 Å². The fraction of sp³-hybridized carbons (Fsp3) is 0.176. The van der Waals surface area contributed by atoms with Crippen LogP contribution in [-0.4, -0.2) is 18.0 Å². The molecule has 2 aromatic heterocycles. The van der Waals surface area contributed by atoms with Gasteiger partial charge in [0.25, 0.3) is 0 Å². The minimum atomic E-state index is -0.0214. The van der Waals surface area contributed by atoms with E-state index in [1.54, 1.807) is 29.5 Å². The van der Waals surface area contributed by atoms with E-state index in [9.17, 15) is 4.79 Å². The van der Waals surface area contributed by atoms with Gasteiger partial charge in [0.05, 0.1) is 12.0 Å². The molecule has 1 aromatic carbocycles. The molecule has 0 amide bonds. The molecule has 5 nitrogen and oxygen atoms in total. The average Bonchev–Trinajstić information content (AvgIpc) is 3.23. The van der Waals surface area contributed by atoms with E-state index in [1.165, 1.54) is 14.0 Å². The number of Topliss-reactive ketones (excluding diaryl/α,β-unsaturated/α-hetero) is 1. The fourth-order valence-electron chi connectivity index (χ4n) is 2.07. The van der Waals surface area contributed by atoms with Crippen molar-refractivity contribution >= 4 is 17.1 Å². The van der Waals surface area contributed by atoms with E-state index in [-0.39, 0.29) is 12.4 Å². The number of ketones is 1. The summed E-state index contributed by atoms with van der Waals surface area (Å²) >= 11 is 1.59. The van der Waals surface area contributed by atoms with Crippen LogP contribution in [0.15, 0.2) is 46.3 Å². The zero-order valence-electron chi connectivity index (χ0n) is 12.7. The van der Waals surface area contributed by atoms with Gasteiger partial charge in [0.1, 0.15) is 12.3 Å². The molecular formula is C17H15NO4S. The quantitative estimate of drug-likeness (QED) is 0.634. The first kappa shape index (κ1) is 15.3. The maximum absolute atomic E-state index is 11.4. The first-order valence-corrected chi connectivity index (χ1v) is 7.86. The van der Waals surface area contributed by atoms with E-state index in [1.807, 2.05) is 23.6 Å². The third-order valence-corrected chi connectivity index (χ3v) is 4.15. The second-order valence-electron chi connectivity index (χ2n) is 4.87. The van der Waals surface area contributed by atoms with Crippen molar-refractivity contribution < 1.29 is 18.8 Å². The second kappa shape index (κ2) is 6.66. The number of hydrogen-bond donors (Lipinski definition) is 0. The molecule has 118 valence electrons. The molecule has 0 saturated carbocycles. The van der Waals surface area contributed by atoms with E-state index in [0.29, 0.717) is 22.8 Å². The van der Waals surface area contributed by atoms with Crippen LogP contribution in [0.25, 0.3) is 10.6 Å². The van der Waals surface area contributed by atoms with Crippen molar-refractivity contribution in [3.63, 3.8) is 0 Å². The first-order chi connectivity index (χ1) is 11.2. The highest BCUT2D eigenvalue weighted by atomic mass is 32.1. The smallest absolute Gasteiger partial charge is 0.177 e. The number of aromatic nitrogens is 1. The SMILES string of the molecule is COc1cc(C(C)=O)ccc1OCc1cc(-c2cccs2)on1. The summed E-state index contributed by atoms with van der Waals surface area (Å²) in [6.07, 6.45) is 0. The van der Waals surface area contributed by atoms with E-state index in [0.717, 1.165) is 10.6 Å². The highest BCUT2D eigenvalue weighted by Gasteiger charge is 2.11. The Bertz CT molecular complexity index is 808. The lowest BCUT2D eigenvalue weighted by Crippen LogP contribution is -2.00.